The van der Waals surface area contributed by atoms with Crippen LogP contribution in [0.15, 0.2) is 42.5 Å². The lowest BCUT2D eigenvalue weighted by molar-refractivity contribution is -0.0322. The molecule has 1 fully saturated rings. The average molecular weight is 513 g/mol. The maximum Gasteiger partial charge on any atom is 0.231 e. The third-order valence-electron chi connectivity index (χ3n) is 5.96. The van der Waals surface area contributed by atoms with Crippen molar-refractivity contribution in [1.29, 1.82) is 0 Å². The van der Waals surface area contributed by atoms with E-state index in [1.807, 2.05) is 30.3 Å². The minimum Gasteiger partial charge on any atom is -1.00 e. The summed E-state index contributed by atoms with van der Waals surface area (Å²) in [6.45, 7) is 6.75. The molecule has 10 heteroatoms. The molecule has 0 aliphatic carbocycles. The van der Waals surface area contributed by atoms with Gasteiger partial charge in [0.2, 0.25) is 6.79 Å². The van der Waals surface area contributed by atoms with Gasteiger partial charge in [-0.15, -0.1) is 0 Å². The second kappa shape index (κ2) is 12.7. The van der Waals surface area contributed by atoms with E-state index in [9.17, 15) is 5.11 Å². The number of hydrogen-bond acceptors (Lipinski definition) is 8. The number of fused-ring (bicyclic) bond motifs is 2. The van der Waals surface area contributed by atoms with Crippen molar-refractivity contribution in [3.8, 4) is 23.0 Å². The highest BCUT2D eigenvalue weighted by atomic mass is 35.5. The van der Waals surface area contributed by atoms with Crippen LogP contribution in [0.1, 0.15) is 5.56 Å². The molecule has 5 rings (SSSR count). The molecule has 2 unspecified atom stereocenters. The molecule has 188 valence electrons. The number of rotatable bonds is 8. The predicted molar refractivity (Wildman–Crippen MR) is 117 cm³/mol. The Balaban J connectivity index is 0.00000162. The number of ether oxygens (including phenoxy) is 5. The first-order valence-electron chi connectivity index (χ1n) is 11.2. The van der Waals surface area contributed by atoms with Crippen molar-refractivity contribution >= 4 is 0 Å². The highest BCUT2D eigenvalue weighted by Gasteiger charge is 2.23. The Morgan fingerprint density at radius 2 is 1.59 bits per heavy atom. The third kappa shape index (κ3) is 6.81. The predicted octanol–water partition coefficient (Wildman–Crippen LogP) is -4.24. The highest BCUT2D eigenvalue weighted by molar-refractivity contribution is 5.44. The number of halogens is 2. The van der Waals surface area contributed by atoms with E-state index in [0.717, 1.165) is 55.7 Å². The summed E-state index contributed by atoms with van der Waals surface area (Å²) < 4.78 is 28.1. The standard InChI is InChI=1S/C24H30N2O6.2ClH/c27-19(14-28-15-20-16-29-21-3-1-2-4-23(21)32-20)13-26-9-7-25(8-10-26)12-18-5-6-22-24(11-18)31-17-30-22;;/h1-6,11,19-20,27H,7-10,12-17H2;2*1H/p-2. The summed E-state index contributed by atoms with van der Waals surface area (Å²) >= 11 is 0. The van der Waals surface area contributed by atoms with Crippen LogP contribution in [0.3, 0.4) is 0 Å². The van der Waals surface area contributed by atoms with E-state index in [1.54, 1.807) is 0 Å². The van der Waals surface area contributed by atoms with Gasteiger partial charge in [0.25, 0.3) is 0 Å². The largest absolute Gasteiger partial charge is 1.00 e. The summed E-state index contributed by atoms with van der Waals surface area (Å²) in [6.07, 6.45) is -0.677. The zero-order valence-electron chi connectivity index (χ0n) is 18.9. The molecule has 0 radical (unpaired) electrons. The molecule has 0 bridgehead atoms. The summed E-state index contributed by atoms with van der Waals surface area (Å²) in [7, 11) is 0. The summed E-state index contributed by atoms with van der Waals surface area (Å²) in [4.78, 5) is 4.72. The summed E-state index contributed by atoms with van der Waals surface area (Å²) in [6, 6.07) is 13.8. The highest BCUT2D eigenvalue weighted by Crippen LogP contribution is 2.33. The lowest BCUT2D eigenvalue weighted by atomic mass is 10.1. The number of para-hydroxylation sites is 2. The molecule has 3 aliphatic rings. The Kier molecular flexibility index (Phi) is 9.94. The van der Waals surface area contributed by atoms with Gasteiger partial charge in [0.05, 0.1) is 19.3 Å². The molecule has 34 heavy (non-hydrogen) atoms. The zero-order valence-corrected chi connectivity index (χ0v) is 20.4. The first-order valence-corrected chi connectivity index (χ1v) is 11.2. The van der Waals surface area contributed by atoms with Gasteiger partial charge in [-0.25, -0.2) is 0 Å². The van der Waals surface area contributed by atoms with Gasteiger partial charge in [-0.1, -0.05) is 18.2 Å². The van der Waals surface area contributed by atoms with E-state index < -0.39 is 6.10 Å². The van der Waals surface area contributed by atoms with Crippen molar-refractivity contribution in [2.24, 2.45) is 0 Å². The van der Waals surface area contributed by atoms with E-state index in [1.165, 1.54) is 5.56 Å². The zero-order chi connectivity index (χ0) is 21.8. The Morgan fingerprint density at radius 1 is 0.882 bits per heavy atom. The lowest BCUT2D eigenvalue weighted by Crippen LogP contribution is -3.00. The first kappa shape index (κ1) is 26.7. The first-order chi connectivity index (χ1) is 15.7. The normalized spacial score (nSPS) is 20.2. The van der Waals surface area contributed by atoms with Crippen LogP contribution < -0.4 is 43.8 Å². The molecule has 2 atom stereocenters. The van der Waals surface area contributed by atoms with Crippen LogP contribution in [0.25, 0.3) is 0 Å². The number of piperazine rings is 1. The maximum atomic E-state index is 10.4. The Hall–Kier alpha value is -1.94. The molecule has 0 aromatic heterocycles. The summed E-state index contributed by atoms with van der Waals surface area (Å²) in [5, 5.41) is 10.4. The van der Waals surface area contributed by atoms with Gasteiger partial charge in [0.1, 0.15) is 6.61 Å². The van der Waals surface area contributed by atoms with E-state index in [-0.39, 0.29) is 30.9 Å². The fourth-order valence-corrected chi connectivity index (χ4v) is 4.26. The van der Waals surface area contributed by atoms with Crippen molar-refractivity contribution in [2.75, 3.05) is 59.3 Å². The lowest BCUT2D eigenvalue weighted by Gasteiger charge is -2.35. The minimum absolute atomic E-state index is 0. The smallest absolute Gasteiger partial charge is 0.231 e. The van der Waals surface area contributed by atoms with Gasteiger partial charge in [0.15, 0.2) is 29.1 Å². The molecule has 8 nitrogen and oxygen atoms in total. The topological polar surface area (TPSA) is 72.9 Å². The van der Waals surface area contributed by atoms with Crippen molar-refractivity contribution in [3.63, 3.8) is 0 Å². The molecular formula is C24H30Cl2N2O6-2. The fourth-order valence-electron chi connectivity index (χ4n) is 4.26. The number of aliphatic hydroxyl groups is 1. The second-order valence-corrected chi connectivity index (χ2v) is 8.45. The van der Waals surface area contributed by atoms with Crippen molar-refractivity contribution in [2.45, 2.75) is 18.8 Å². The number of hydrogen-bond donors (Lipinski definition) is 1. The molecule has 3 aliphatic heterocycles. The molecule has 2 aromatic carbocycles. The van der Waals surface area contributed by atoms with Crippen LogP contribution in [0, 0.1) is 0 Å². The van der Waals surface area contributed by atoms with E-state index in [2.05, 4.69) is 21.9 Å². The van der Waals surface area contributed by atoms with Gasteiger partial charge >= 0.3 is 0 Å². The fraction of sp³-hybridized carbons (Fsp3) is 0.500. The van der Waals surface area contributed by atoms with Crippen LogP contribution in [0.5, 0.6) is 23.0 Å². The molecule has 0 saturated carbocycles. The van der Waals surface area contributed by atoms with Crippen LogP contribution >= 0.6 is 0 Å². The van der Waals surface area contributed by atoms with Crippen LogP contribution in [-0.4, -0.2) is 86.5 Å². The van der Waals surface area contributed by atoms with Crippen molar-refractivity contribution in [1.82, 2.24) is 9.80 Å². The average Bonchev–Trinajstić information content (AvgIpc) is 3.28. The van der Waals surface area contributed by atoms with E-state index >= 15 is 0 Å². The molecule has 3 heterocycles. The van der Waals surface area contributed by atoms with Gasteiger partial charge in [-0.2, -0.15) is 0 Å². The second-order valence-electron chi connectivity index (χ2n) is 8.45. The minimum atomic E-state index is -0.521. The monoisotopic (exact) mass is 512 g/mol. The van der Waals surface area contributed by atoms with E-state index in [4.69, 9.17) is 23.7 Å². The van der Waals surface area contributed by atoms with Crippen LogP contribution in [0.2, 0.25) is 0 Å². The van der Waals surface area contributed by atoms with Crippen molar-refractivity contribution in [3.05, 3.63) is 48.0 Å². The Morgan fingerprint density at radius 3 is 2.41 bits per heavy atom. The summed E-state index contributed by atoms with van der Waals surface area (Å²) in [5.74, 6) is 3.16. The molecule has 1 saturated heterocycles. The van der Waals surface area contributed by atoms with Gasteiger partial charge < -0.3 is 53.6 Å². The summed E-state index contributed by atoms with van der Waals surface area (Å²) in [5.41, 5.74) is 1.23. The molecular weight excluding hydrogens is 483 g/mol. The van der Waals surface area contributed by atoms with Crippen molar-refractivity contribution < 1.29 is 53.6 Å². The van der Waals surface area contributed by atoms with E-state index in [0.29, 0.717) is 33.2 Å². The van der Waals surface area contributed by atoms with Gasteiger partial charge in [0, 0.05) is 39.3 Å². The molecule has 0 amide bonds. The van der Waals surface area contributed by atoms with Gasteiger partial charge in [-0.3, -0.25) is 9.80 Å². The number of β-amino-alcohol motifs (C(OH)–C–C–N with tert-alkyl or cyclic N) is 1. The number of benzene rings is 2. The number of aliphatic hydroxyl groups excluding tert-OH is 1. The number of nitrogens with zero attached hydrogens (tertiary/aromatic N) is 2. The molecule has 1 N–H and O–H groups in total. The quantitative estimate of drug-likeness (QED) is 0.381. The Bertz CT molecular complexity index is 913. The SMILES string of the molecule is OC(COCC1COc2ccccc2O1)CN1CCN(Cc2ccc3c(c2)OCO3)CC1.[Cl-].[Cl-]. The molecule has 2 aromatic rings. The van der Waals surface area contributed by atoms with Gasteiger partial charge in [-0.05, 0) is 29.8 Å². The molecule has 0 spiro atoms. The Labute approximate surface area is 212 Å². The third-order valence-corrected chi connectivity index (χ3v) is 5.96. The van der Waals surface area contributed by atoms with Crippen LogP contribution in [-0.2, 0) is 11.3 Å². The maximum absolute atomic E-state index is 10.4. The van der Waals surface area contributed by atoms with Crippen LogP contribution in [0.4, 0.5) is 0 Å².